The summed E-state index contributed by atoms with van der Waals surface area (Å²) < 4.78 is 13.2. The first-order valence-corrected chi connectivity index (χ1v) is 8.77. The van der Waals surface area contributed by atoms with Crippen molar-refractivity contribution in [2.45, 2.75) is 31.1 Å². The Bertz CT molecular complexity index is 1080. The Labute approximate surface area is 163 Å². The Morgan fingerprint density at radius 3 is 2.55 bits per heavy atom. The van der Waals surface area contributed by atoms with Crippen molar-refractivity contribution in [1.29, 1.82) is 0 Å². The summed E-state index contributed by atoms with van der Waals surface area (Å²) in [4.78, 5) is 20.7. The standard InChI is InChI=1S/C17H20N6O6/c18-16-21-13-10(14(27)23(16)19)20-17(28-7-8-4-2-1-3-5-8)22(13)15-12(26)11(25)9(6-24)29-15/h1-5,9,11-12,15,24-26H,6-7,19H2,(H2,18,21)/t9-,11-,12+,15+/m0/s1. The number of aliphatic hydroxyl groups is 3. The minimum Gasteiger partial charge on any atom is -0.460 e. The van der Waals surface area contributed by atoms with E-state index in [1.165, 1.54) is 4.57 Å². The lowest BCUT2D eigenvalue weighted by molar-refractivity contribution is -0.0545. The number of nitrogens with two attached hydrogens (primary N) is 2. The number of nitrogen functional groups attached to an aromatic ring is 2. The normalized spacial score (nSPS) is 24.2. The summed E-state index contributed by atoms with van der Waals surface area (Å²) in [6, 6.07) is 9.11. The molecular weight excluding hydrogens is 384 g/mol. The van der Waals surface area contributed by atoms with E-state index < -0.39 is 36.7 Å². The SMILES string of the molecule is Nc1nc2c(nc(OCc3ccccc3)n2[C@@H]2O[C@@H](CO)[C@H](O)[C@H]2O)c(=O)n1N. The molecular formula is C17H20N6O6. The highest BCUT2D eigenvalue weighted by Gasteiger charge is 2.45. The Balaban J connectivity index is 1.82. The fourth-order valence-corrected chi connectivity index (χ4v) is 3.18. The Hall–Kier alpha value is -3.19. The Kier molecular flexibility index (Phi) is 4.84. The number of benzene rings is 1. The Morgan fingerprint density at radius 2 is 1.90 bits per heavy atom. The highest BCUT2D eigenvalue weighted by Crippen LogP contribution is 2.35. The summed E-state index contributed by atoms with van der Waals surface area (Å²) in [7, 11) is 0. The third kappa shape index (κ3) is 3.17. The van der Waals surface area contributed by atoms with E-state index >= 15 is 0 Å². The largest absolute Gasteiger partial charge is 0.460 e. The molecule has 1 saturated heterocycles. The third-order valence-corrected chi connectivity index (χ3v) is 4.72. The lowest BCUT2D eigenvalue weighted by atomic mass is 10.1. The molecule has 1 fully saturated rings. The second-order valence-corrected chi connectivity index (χ2v) is 6.58. The zero-order valence-electron chi connectivity index (χ0n) is 15.1. The average Bonchev–Trinajstić information content (AvgIpc) is 3.22. The minimum absolute atomic E-state index is 0.0351. The molecule has 4 rings (SSSR count). The molecule has 1 aliphatic heterocycles. The lowest BCUT2D eigenvalue weighted by Gasteiger charge is -2.19. The zero-order chi connectivity index (χ0) is 20.7. The Morgan fingerprint density at radius 1 is 1.17 bits per heavy atom. The van der Waals surface area contributed by atoms with Crippen molar-refractivity contribution in [3.8, 4) is 6.01 Å². The van der Waals surface area contributed by atoms with Gasteiger partial charge in [0.2, 0.25) is 5.95 Å². The van der Waals surface area contributed by atoms with E-state index in [1.54, 1.807) is 0 Å². The number of hydrogen-bond donors (Lipinski definition) is 5. The lowest BCUT2D eigenvalue weighted by Crippen LogP contribution is -2.33. The minimum atomic E-state index is -1.44. The first kappa shape index (κ1) is 19.1. The van der Waals surface area contributed by atoms with Gasteiger partial charge in [-0.05, 0) is 5.56 Å². The van der Waals surface area contributed by atoms with Crippen molar-refractivity contribution in [2.75, 3.05) is 18.2 Å². The van der Waals surface area contributed by atoms with E-state index in [1.807, 2.05) is 30.3 Å². The van der Waals surface area contributed by atoms with Crippen molar-refractivity contribution in [3.05, 3.63) is 46.2 Å². The van der Waals surface area contributed by atoms with Crippen LogP contribution in [0.25, 0.3) is 11.2 Å². The van der Waals surface area contributed by atoms with Gasteiger partial charge < -0.3 is 36.4 Å². The number of rotatable bonds is 5. The summed E-state index contributed by atoms with van der Waals surface area (Å²) in [5.74, 6) is 5.30. The summed E-state index contributed by atoms with van der Waals surface area (Å²) in [5.41, 5.74) is 5.62. The fraction of sp³-hybridized carbons (Fsp3) is 0.353. The molecule has 0 amide bonds. The summed E-state index contributed by atoms with van der Waals surface area (Å²) >= 11 is 0. The molecule has 2 aromatic heterocycles. The number of imidazole rings is 1. The van der Waals surface area contributed by atoms with E-state index in [-0.39, 0.29) is 29.7 Å². The number of ether oxygens (including phenoxy) is 2. The molecule has 7 N–H and O–H groups in total. The van der Waals surface area contributed by atoms with E-state index in [9.17, 15) is 20.1 Å². The second-order valence-electron chi connectivity index (χ2n) is 6.58. The van der Waals surface area contributed by atoms with Gasteiger partial charge in [0, 0.05) is 0 Å². The van der Waals surface area contributed by atoms with Crippen LogP contribution in [0.4, 0.5) is 5.95 Å². The maximum Gasteiger partial charge on any atom is 0.301 e. The summed E-state index contributed by atoms with van der Waals surface area (Å²) in [6.07, 6.45) is -5.07. The van der Waals surface area contributed by atoms with Crippen LogP contribution in [0.1, 0.15) is 11.8 Å². The van der Waals surface area contributed by atoms with Crippen LogP contribution in [-0.4, -0.2) is 59.4 Å². The van der Waals surface area contributed by atoms with E-state index in [4.69, 9.17) is 21.1 Å². The van der Waals surface area contributed by atoms with Gasteiger partial charge in [0.1, 0.15) is 24.9 Å². The number of aromatic nitrogens is 4. The average molecular weight is 404 g/mol. The molecule has 1 aliphatic rings. The smallest absolute Gasteiger partial charge is 0.301 e. The van der Waals surface area contributed by atoms with Crippen molar-refractivity contribution in [2.24, 2.45) is 0 Å². The van der Waals surface area contributed by atoms with Gasteiger partial charge in [0.15, 0.2) is 17.4 Å². The number of anilines is 1. The molecule has 154 valence electrons. The van der Waals surface area contributed by atoms with Crippen LogP contribution in [-0.2, 0) is 11.3 Å². The van der Waals surface area contributed by atoms with Gasteiger partial charge in [0.25, 0.3) is 0 Å². The van der Waals surface area contributed by atoms with Gasteiger partial charge in [-0.25, -0.2) is 4.57 Å². The third-order valence-electron chi connectivity index (χ3n) is 4.72. The van der Waals surface area contributed by atoms with Gasteiger partial charge in [-0.1, -0.05) is 30.3 Å². The van der Waals surface area contributed by atoms with Crippen LogP contribution in [0, 0.1) is 0 Å². The molecule has 12 nitrogen and oxygen atoms in total. The summed E-state index contributed by atoms with van der Waals surface area (Å²) in [5, 5.41) is 29.9. The number of nitrogens with zero attached hydrogens (tertiary/aromatic N) is 4. The topological polar surface area (TPSA) is 184 Å². The molecule has 1 aromatic carbocycles. The van der Waals surface area contributed by atoms with E-state index in [0.717, 1.165) is 5.56 Å². The number of fused-ring (bicyclic) bond motifs is 1. The van der Waals surface area contributed by atoms with E-state index in [2.05, 4.69) is 9.97 Å². The van der Waals surface area contributed by atoms with Crippen LogP contribution >= 0.6 is 0 Å². The second kappa shape index (κ2) is 7.33. The van der Waals surface area contributed by atoms with Gasteiger partial charge in [-0.2, -0.15) is 14.6 Å². The monoisotopic (exact) mass is 404 g/mol. The first-order valence-electron chi connectivity index (χ1n) is 8.77. The molecule has 29 heavy (non-hydrogen) atoms. The first-order chi connectivity index (χ1) is 13.9. The van der Waals surface area contributed by atoms with Crippen LogP contribution < -0.4 is 21.9 Å². The number of aliphatic hydroxyl groups excluding tert-OH is 3. The molecule has 0 saturated carbocycles. The van der Waals surface area contributed by atoms with Crippen LogP contribution in [0.5, 0.6) is 6.01 Å². The number of hydrogen-bond acceptors (Lipinski definition) is 10. The molecule has 0 radical (unpaired) electrons. The predicted molar refractivity (Wildman–Crippen MR) is 100 cm³/mol. The molecule has 4 atom stereocenters. The predicted octanol–water partition coefficient (Wildman–Crippen LogP) is -1.92. The van der Waals surface area contributed by atoms with Crippen LogP contribution in [0.15, 0.2) is 35.1 Å². The molecule has 12 heteroatoms. The molecule has 3 aromatic rings. The van der Waals surface area contributed by atoms with Crippen LogP contribution in [0.3, 0.4) is 0 Å². The molecule has 0 bridgehead atoms. The van der Waals surface area contributed by atoms with Gasteiger partial charge in [0.05, 0.1) is 6.61 Å². The fourth-order valence-electron chi connectivity index (χ4n) is 3.18. The zero-order valence-corrected chi connectivity index (χ0v) is 15.1. The molecule has 0 spiro atoms. The van der Waals surface area contributed by atoms with Crippen LogP contribution in [0.2, 0.25) is 0 Å². The maximum absolute atomic E-state index is 12.5. The quantitative estimate of drug-likeness (QED) is 0.300. The van der Waals surface area contributed by atoms with Gasteiger partial charge in [-0.3, -0.25) is 4.79 Å². The van der Waals surface area contributed by atoms with Gasteiger partial charge >= 0.3 is 11.6 Å². The van der Waals surface area contributed by atoms with Crippen molar-refractivity contribution in [3.63, 3.8) is 0 Å². The van der Waals surface area contributed by atoms with Crippen molar-refractivity contribution < 1.29 is 24.8 Å². The maximum atomic E-state index is 12.5. The highest BCUT2D eigenvalue weighted by molar-refractivity contribution is 5.73. The summed E-state index contributed by atoms with van der Waals surface area (Å²) in [6.45, 7) is -0.419. The van der Waals surface area contributed by atoms with Gasteiger partial charge in [-0.15, -0.1) is 0 Å². The molecule has 3 heterocycles. The molecule has 0 aliphatic carbocycles. The van der Waals surface area contributed by atoms with Crippen molar-refractivity contribution in [1.82, 2.24) is 19.2 Å². The van der Waals surface area contributed by atoms with E-state index in [0.29, 0.717) is 4.68 Å². The van der Waals surface area contributed by atoms with Crippen molar-refractivity contribution >= 4 is 17.1 Å². The molecule has 0 unspecified atom stereocenters. The highest BCUT2D eigenvalue weighted by atomic mass is 16.6.